The number of fused-ring (bicyclic) bond motifs is 1. The Hall–Kier alpha value is -2.49. The molecule has 0 saturated heterocycles. The van der Waals surface area contributed by atoms with Gasteiger partial charge in [-0.05, 0) is 31.4 Å². The van der Waals surface area contributed by atoms with Crippen LogP contribution in [0.4, 0.5) is 5.95 Å². The maximum absolute atomic E-state index is 4.76. The van der Waals surface area contributed by atoms with Gasteiger partial charge in [0.05, 0.1) is 5.69 Å². The number of hydrogen-bond donors (Lipinski definition) is 1. The summed E-state index contributed by atoms with van der Waals surface area (Å²) in [4.78, 5) is 13.7. The molecule has 118 valence electrons. The highest BCUT2D eigenvalue weighted by Gasteiger charge is 2.12. The van der Waals surface area contributed by atoms with Gasteiger partial charge in [-0.25, -0.2) is 9.97 Å². The van der Waals surface area contributed by atoms with Crippen LogP contribution in [0.5, 0.6) is 0 Å². The lowest BCUT2D eigenvalue weighted by Crippen LogP contribution is -2.19. The van der Waals surface area contributed by atoms with E-state index >= 15 is 0 Å². The fourth-order valence-corrected chi connectivity index (χ4v) is 2.83. The lowest BCUT2D eigenvalue weighted by Gasteiger charge is -2.17. The Labute approximate surface area is 137 Å². The molecule has 0 saturated carbocycles. The fourth-order valence-electron chi connectivity index (χ4n) is 2.83. The Balaban J connectivity index is 2.04. The smallest absolute Gasteiger partial charge is 0.225 e. The lowest BCUT2D eigenvalue weighted by molar-refractivity contribution is 0.538. The molecule has 4 nitrogen and oxygen atoms in total. The maximum atomic E-state index is 4.76. The maximum Gasteiger partial charge on any atom is 0.225 e. The molecule has 4 heteroatoms. The van der Waals surface area contributed by atoms with Crippen LogP contribution < -0.4 is 5.32 Å². The summed E-state index contributed by atoms with van der Waals surface area (Å²) >= 11 is 0. The highest BCUT2D eigenvalue weighted by atomic mass is 15.1. The summed E-state index contributed by atoms with van der Waals surface area (Å²) in [7, 11) is 0. The molecule has 23 heavy (non-hydrogen) atoms. The second kappa shape index (κ2) is 6.73. The zero-order chi connectivity index (χ0) is 16.2. The van der Waals surface area contributed by atoms with E-state index in [-0.39, 0.29) is 0 Å². The average molecular weight is 306 g/mol. The van der Waals surface area contributed by atoms with Crippen LogP contribution in [0.15, 0.2) is 48.7 Å². The van der Waals surface area contributed by atoms with Crippen molar-refractivity contribution in [3.8, 4) is 11.3 Å². The van der Waals surface area contributed by atoms with Gasteiger partial charge in [0.1, 0.15) is 0 Å². The first-order valence-electron chi connectivity index (χ1n) is 8.08. The van der Waals surface area contributed by atoms with Gasteiger partial charge in [0.15, 0.2) is 5.65 Å². The van der Waals surface area contributed by atoms with Crippen LogP contribution in [0.2, 0.25) is 0 Å². The summed E-state index contributed by atoms with van der Waals surface area (Å²) in [5.41, 5.74) is 2.72. The zero-order valence-electron chi connectivity index (χ0n) is 13.8. The molecule has 0 amide bonds. The molecule has 0 aliphatic heterocycles. The van der Waals surface area contributed by atoms with Gasteiger partial charge >= 0.3 is 0 Å². The van der Waals surface area contributed by atoms with Gasteiger partial charge in [0, 0.05) is 23.2 Å². The molecule has 3 rings (SSSR count). The molecule has 2 aromatic heterocycles. The van der Waals surface area contributed by atoms with E-state index in [4.69, 9.17) is 4.98 Å². The molecular weight excluding hydrogens is 284 g/mol. The van der Waals surface area contributed by atoms with Gasteiger partial charge in [0.2, 0.25) is 5.95 Å². The SMILES string of the molecule is CC(C)CC(C)Nc1nc(-c2ccccc2)c2cccnc2n1. The number of rotatable bonds is 5. The second-order valence-corrected chi connectivity index (χ2v) is 6.31. The van der Waals surface area contributed by atoms with E-state index in [1.165, 1.54) is 0 Å². The summed E-state index contributed by atoms with van der Waals surface area (Å²) in [6.45, 7) is 6.60. The van der Waals surface area contributed by atoms with E-state index in [1.807, 2.05) is 30.3 Å². The van der Waals surface area contributed by atoms with Crippen molar-refractivity contribution in [2.45, 2.75) is 33.2 Å². The van der Waals surface area contributed by atoms with Gasteiger partial charge in [-0.1, -0.05) is 44.2 Å². The van der Waals surface area contributed by atoms with Crippen molar-refractivity contribution >= 4 is 17.0 Å². The Morgan fingerprint density at radius 2 is 1.74 bits per heavy atom. The first kappa shape index (κ1) is 15.4. The Morgan fingerprint density at radius 3 is 2.48 bits per heavy atom. The molecule has 0 bridgehead atoms. The molecule has 1 atom stereocenters. The molecule has 0 aliphatic rings. The quantitative estimate of drug-likeness (QED) is 0.752. The number of aromatic nitrogens is 3. The molecular formula is C19H22N4. The van der Waals surface area contributed by atoms with Crippen LogP contribution in [0.25, 0.3) is 22.3 Å². The number of pyridine rings is 1. The van der Waals surface area contributed by atoms with Gasteiger partial charge < -0.3 is 5.32 Å². The molecule has 0 radical (unpaired) electrons. The second-order valence-electron chi connectivity index (χ2n) is 6.31. The van der Waals surface area contributed by atoms with Crippen molar-refractivity contribution in [1.82, 2.24) is 15.0 Å². The van der Waals surface area contributed by atoms with Crippen molar-refractivity contribution < 1.29 is 0 Å². The zero-order valence-corrected chi connectivity index (χ0v) is 13.8. The van der Waals surface area contributed by atoms with Crippen LogP contribution in [0.3, 0.4) is 0 Å². The predicted molar refractivity (Wildman–Crippen MR) is 95.3 cm³/mol. The van der Waals surface area contributed by atoms with Gasteiger partial charge in [-0.15, -0.1) is 0 Å². The van der Waals surface area contributed by atoms with Crippen LogP contribution in [-0.4, -0.2) is 21.0 Å². The number of benzene rings is 1. The molecule has 1 unspecified atom stereocenters. The van der Waals surface area contributed by atoms with Crippen molar-refractivity contribution in [2.75, 3.05) is 5.32 Å². The highest BCUT2D eigenvalue weighted by molar-refractivity contribution is 5.90. The average Bonchev–Trinajstić information content (AvgIpc) is 2.54. The Morgan fingerprint density at radius 1 is 0.957 bits per heavy atom. The Bertz CT molecular complexity index is 784. The van der Waals surface area contributed by atoms with Gasteiger partial charge in [0.25, 0.3) is 0 Å². The van der Waals surface area contributed by atoms with Crippen molar-refractivity contribution in [2.24, 2.45) is 5.92 Å². The number of nitrogens with one attached hydrogen (secondary N) is 1. The monoisotopic (exact) mass is 306 g/mol. The van der Waals surface area contributed by atoms with E-state index in [1.54, 1.807) is 6.20 Å². The first-order valence-corrected chi connectivity index (χ1v) is 8.08. The molecule has 0 fully saturated rings. The third kappa shape index (κ3) is 3.65. The molecule has 3 aromatic rings. The summed E-state index contributed by atoms with van der Waals surface area (Å²) in [6, 6.07) is 14.4. The topological polar surface area (TPSA) is 50.7 Å². The molecule has 0 aliphatic carbocycles. The predicted octanol–water partition coefficient (Wildman–Crippen LogP) is 4.54. The van der Waals surface area contributed by atoms with Gasteiger partial charge in [-0.3, -0.25) is 0 Å². The highest BCUT2D eigenvalue weighted by Crippen LogP contribution is 2.26. The largest absolute Gasteiger partial charge is 0.352 e. The van der Waals surface area contributed by atoms with Crippen molar-refractivity contribution in [3.63, 3.8) is 0 Å². The number of nitrogens with zero attached hydrogens (tertiary/aromatic N) is 3. The van der Waals surface area contributed by atoms with E-state index in [2.05, 4.69) is 48.2 Å². The van der Waals surface area contributed by atoms with Crippen LogP contribution in [0, 0.1) is 5.92 Å². The summed E-state index contributed by atoms with van der Waals surface area (Å²) in [6.07, 6.45) is 2.84. The molecule has 2 heterocycles. The lowest BCUT2D eigenvalue weighted by atomic mass is 10.1. The van der Waals surface area contributed by atoms with E-state index < -0.39 is 0 Å². The minimum absolute atomic E-state index is 0.319. The van der Waals surface area contributed by atoms with Crippen molar-refractivity contribution in [1.29, 1.82) is 0 Å². The first-order chi connectivity index (χ1) is 11.1. The third-order valence-corrected chi connectivity index (χ3v) is 3.72. The van der Waals surface area contributed by atoms with E-state index in [0.29, 0.717) is 17.9 Å². The van der Waals surface area contributed by atoms with Crippen molar-refractivity contribution in [3.05, 3.63) is 48.7 Å². The molecule has 1 aromatic carbocycles. The molecule has 0 spiro atoms. The van der Waals surface area contributed by atoms with Crippen LogP contribution in [0.1, 0.15) is 27.2 Å². The third-order valence-electron chi connectivity index (χ3n) is 3.72. The van der Waals surface area contributed by atoms with Gasteiger partial charge in [-0.2, -0.15) is 4.98 Å². The minimum atomic E-state index is 0.319. The van der Waals surface area contributed by atoms with E-state index in [9.17, 15) is 0 Å². The van der Waals surface area contributed by atoms with Crippen LogP contribution >= 0.6 is 0 Å². The minimum Gasteiger partial charge on any atom is -0.352 e. The number of anilines is 1. The normalized spacial score (nSPS) is 12.5. The summed E-state index contributed by atoms with van der Waals surface area (Å²) in [5.74, 6) is 1.27. The molecule has 1 N–H and O–H groups in total. The van der Waals surface area contributed by atoms with E-state index in [0.717, 1.165) is 28.7 Å². The Kier molecular flexibility index (Phi) is 4.51. The summed E-state index contributed by atoms with van der Waals surface area (Å²) < 4.78 is 0. The number of hydrogen-bond acceptors (Lipinski definition) is 4. The fraction of sp³-hybridized carbons (Fsp3) is 0.316. The standard InChI is InChI=1S/C19H22N4/c1-13(2)12-14(3)21-19-22-17(15-8-5-4-6-9-15)16-10-7-11-20-18(16)23-19/h4-11,13-14H,12H2,1-3H3,(H,20,21,22,23). The van der Waals surface area contributed by atoms with Crippen LogP contribution in [-0.2, 0) is 0 Å². The summed E-state index contributed by atoms with van der Waals surface area (Å²) in [5, 5.41) is 4.39.